The fourth-order valence-electron chi connectivity index (χ4n) is 4.03. The van der Waals surface area contributed by atoms with Gasteiger partial charge in [-0.1, -0.05) is 42.5 Å². The van der Waals surface area contributed by atoms with Crippen molar-refractivity contribution in [3.8, 4) is 0 Å². The summed E-state index contributed by atoms with van der Waals surface area (Å²) in [6.07, 6.45) is 2.85. The van der Waals surface area contributed by atoms with E-state index in [0.29, 0.717) is 12.2 Å². The molecule has 4 aromatic rings. The highest BCUT2D eigenvalue weighted by molar-refractivity contribution is 6.07. The first-order valence-electron chi connectivity index (χ1n) is 9.72. The maximum absolute atomic E-state index is 12.6. The molecule has 5 rings (SSSR count). The van der Waals surface area contributed by atoms with Crippen molar-refractivity contribution < 1.29 is 4.79 Å². The molecule has 1 aliphatic rings. The normalized spacial score (nSPS) is 14.3. The van der Waals surface area contributed by atoms with E-state index in [1.165, 1.54) is 11.1 Å². The standard InChI is InChI=1S/C23H22N4O/c28-23(25-11-13-27-12-9-16-4-1-2-5-19(16)15-27)20-14-18-8-7-17-6-3-10-24-21(17)22(18)26-20/h1-8,10,14,26H,9,11-13,15H2,(H,25,28). The van der Waals surface area contributed by atoms with Gasteiger partial charge in [0.05, 0.1) is 11.0 Å². The first-order valence-corrected chi connectivity index (χ1v) is 9.72. The molecule has 1 amide bonds. The highest BCUT2D eigenvalue weighted by Gasteiger charge is 2.16. The zero-order chi connectivity index (χ0) is 18.9. The minimum absolute atomic E-state index is 0.0716. The molecular weight excluding hydrogens is 348 g/mol. The number of benzene rings is 2. The van der Waals surface area contributed by atoms with Crippen LogP contribution in [0.25, 0.3) is 21.8 Å². The molecule has 1 aliphatic heterocycles. The number of carbonyl (C=O) groups excluding carboxylic acids is 1. The van der Waals surface area contributed by atoms with Gasteiger partial charge in [0, 0.05) is 43.1 Å². The molecular formula is C23H22N4O. The largest absolute Gasteiger partial charge is 0.349 e. The number of carbonyl (C=O) groups is 1. The number of H-pyrrole nitrogens is 1. The second-order valence-electron chi connectivity index (χ2n) is 7.34. The molecule has 3 heterocycles. The first-order chi connectivity index (χ1) is 13.8. The van der Waals surface area contributed by atoms with Crippen LogP contribution >= 0.6 is 0 Å². The van der Waals surface area contributed by atoms with Gasteiger partial charge in [0.2, 0.25) is 0 Å². The van der Waals surface area contributed by atoms with Gasteiger partial charge in [-0.2, -0.15) is 0 Å². The molecule has 0 bridgehead atoms. The zero-order valence-corrected chi connectivity index (χ0v) is 15.6. The van der Waals surface area contributed by atoms with Gasteiger partial charge in [0.1, 0.15) is 5.69 Å². The van der Waals surface area contributed by atoms with Gasteiger partial charge in [0.15, 0.2) is 0 Å². The van der Waals surface area contributed by atoms with Crippen molar-refractivity contribution in [1.82, 2.24) is 20.2 Å². The Kier molecular flexibility index (Phi) is 4.29. The van der Waals surface area contributed by atoms with E-state index in [0.717, 1.165) is 47.9 Å². The number of aromatic amines is 1. The van der Waals surface area contributed by atoms with E-state index >= 15 is 0 Å². The van der Waals surface area contributed by atoms with E-state index in [2.05, 4.69) is 44.5 Å². The van der Waals surface area contributed by atoms with E-state index in [9.17, 15) is 4.79 Å². The van der Waals surface area contributed by atoms with E-state index in [-0.39, 0.29) is 5.91 Å². The Morgan fingerprint density at radius 1 is 1.07 bits per heavy atom. The van der Waals surface area contributed by atoms with E-state index in [1.807, 2.05) is 30.3 Å². The Hall–Kier alpha value is -3.18. The van der Waals surface area contributed by atoms with Crippen molar-refractivity contribution >= 4 is 27.7 Å². The number of aromatic nitrogens is 2. The lowest BCUT2D eigenvalue weighted by Crippen LogP contribution is -2.37. The Balaban J connectivity index is 1.24. The third-order valence-corrected chi connectivity index (χ3v) is 5.53. The molecule has 2 aromatic heterocycles. The first kappa shape index (κ1) is 17.0. The summed E-state index contributed by atoms with van der Waals surface area (Å²) in [5.41, 5.74) is 5.23. The number of hydrogen-bond donors (Lipinski definition) is 2. The maximum Gasteiger partial charge on any atom is 0.267 e. The molecule has 0 unspecified atom stereocenters. The SMILES string of the molecule is O=C(NCCN1CCc2ccccc2C1)c1cc2ccc3cccnc3c2[nH]1. The lowest BCUT2D eigenvalue weighted by atomic mass is 10.00. The Labute approximate surface area is 163 Å². The van der Waals surface area contributed by atoms with Gasteiger partial charge < -0.3 is 10.3 Å². The summed E-state index contributed by atoms with van der Waals surface area (Å²) < 4.78 is 0. The molecule has 0 radical (unpaired) electrons. The summed E-state index contributed by atoms with van der Waals surface area (Å²) in [5, 5.41) is 5.11. The molecule has 0 atom stereocenters. The van der Waals surface area contributed by atoms with Crippen molar-refractivity contribution in [3.05, 3.63) is 77.6 Å². The van der Waals surface area contributed by atoms with Crippen molar-refractivity contribution in [3.63, 3.8) is 0 Å². The number of nitrogens with zero attached hydrogens (tertiary/aromatic N) is 2. The quantitative estimate of drug-likeness (QED) is 0.578. The van der Waals surface area contributed by atoms with Crippen LogP contribution in [0.5, 0.6) is 0 Å². The van der Waals surface area contributed by atoms with Gasteiger partial charge in [-0.25, -0.2) is 0 Å². The summed E-state index contributed by atoms with van der Waals surface area (Å²) in [5.74, 6) is -0.0716. The molecule has 0 spiro atoms. The molecule has 0 saturated heterocycles. The van der Waals surface area contributed by atoms with E-state index < -0.39 is 0 Å². The van der Waals surface area contributed by atoms with Crippen LogP contribution in [0.4, 0.5) is 0 Å². The molecule has 5 heteroatoms. The third kappa shape index (κ3) is 3.14. The predicted molar refractivity (Wildman–Crippen MR) is 111 cm³/mol. The summed E-state index contributed by atoms with van der Waals surface area (Å²) in [6.45, 7) is 3.48. The average Bonchev–Trinajstić information content (AvgIpc) is 3.19. The van der Waals surface area contributed by atoms with Crippen molar-refractivity contribution in [1.29, 1.82) is 0 Å². The van der Waals surface area contributed by atoms with Crippen molar-refractivity contribution in [2.24, 2.45) is 0 Å². The van der Waals surface area contributed by atoms with E-state index in [4.69, 9.17) is 0 Å². The average molecular weight is 370 g/mol. The van der Waals surface area contributed by atoms with Crippen LogP contribution < -0.4 is 5.32 Å². The fraction of sp³-hybridized carbons (Fsp3) is 0.217. The van der Waals surface area contributed by atoms with Crippen molar-refractivity contribution in [2.75, 3.05) is 19.6 Å². The Bertz CT molecular complexity index is 1160. The number of amides is 1. The Morgan fingerprint density at radius 3 is 2.86 bits per heavy atom. The van der Waals surface area contributed by atoms with Gasteiger partial charge >= 0.3 is 0 Å². The molecule has 2 aromatic carbocycles. The van der Waals surface area contributed by atoms with Crippen LogP contribution in [0.3, 0.4) is 0 Å². The maximum atomic E-state index is 12.6. The van der Waals surface area contributed by atoms with Crippen LogP contribution in [0.15, 0.2) is 60.8 Å². The van der Waals surface area contributed by atoms with Crippen LogP contribution in [-0.4, -0.2) is 40.4 Å². The number of nitrogens with one attached hydrogen (secondary N) is 2. The number of fused-ring (bicyclic) bond motifs is 4. The monoisotopic (exact) mass is 370 g/mol. The second-order valence-corrected chi connectivity index (χ2v) is 7.34. The van der Waals surface area contributed by atoms with Crippen molar-refractivity contribution in [2.45, 2.75) is 13.0 Å². The Morgan fingerprint density at radius 2 is 1.93 bits per heavy atom. The lowest BCUT2D eigenvalue weighted by molar-refractivity contribution is 0.0943. The van der Waals surface area contributed by atoms with Crippen LogP contribution in [0, 0.1) is 0 Å². The summed E-state index contributed by atoms with van der Waals surface area (Å²) in [4.78, 5) is 22.7. The van der Waals surface area contributed by atoms with Crippen LogP contribution in [-0.2, 0) is 13.0 Å². The molecule has 140 valence electrons. The highest BCUT2D eigenvalue weighted by atomic mass is 16.1. The summed E-state index contributed by atoms with van der Waals surface area (Å²) in [7, 11) is 0. The molecule has 0 aliphatic carbocycles. The number of pyridine rings is 1. The van der Waals surface area contributed by atoms with Gasteiger partial charge in [-0.05, 0) is 29.7 Å². The van der Waals surface area contributed by atoms with Gasteiger partial charge in [0.25, 0.3) is 5.91 Å². The van der Waals surface area contributed by atoms with Gasteiger partial charge in [-0.3, -0.25) is 14.7 Å². The topological polar surface area (TPSA) is 61.0 Å². The van der Waals surface area contributed by atoms with Gasteiger partial charge in [-0.15, -0.1) is 0 Å². The molecule has 0 saturated carbocycles. The third-order valence-electron chi connectivity index (χ3n) is 5.53. The zero-order valence-electron chi connectivity index (χ0n) is 15.6. The molecule has 5 nitrogen and oxygen atoms in total. The summed E-state index contributed by atoms with van der Waals surface area (Å²) in [6, 6.07) is 18.5. The van der Waals surface area contributed by atoms with E-state index in [1.54, 1.807) is 6.20 Å². The highest BCUT2D eigenvalue weighted by Crippen LogP contribution is 2.23. The van der Waals surface area contributed by atoms with Crippen LogP contribution in [0.2, 0.25) is 0 Å². The molecule has 28 heavy (non-hydrogen) atoms. The fourth-order valence-corrected chi connectivity index (χ4v) is 4.03. The predicted octanol–water partition coefficient (Wildman–Crippen LogP) is 3.50. The van der Waals surface area contributed by atoms with Crippen LogP contribution in [0.1, 0.15) is 21.6 Å². The minimum atomic E-state index is -0.0716. The molecule has 2 N–H and O–H groups in total. The minimum Gasteiger partial charge on any atom is -0.349 e. The number of hydrogen-bond acceptors (Lipinski definition) is 3. The molecule has 0 fully saturated rings. The second kappa shape index (κ2) is 7.09. The number of rotatable bonds is 4. The summed E-state index contributed by atoms with van der Waals surface area (Å²) >= 11 is 0. The lowest BCUT2D eigenvalue weighted by Gasteiger charge is -2.28. The smallest absolute Gasteiger partial charge is 0.267 e.